The minimum atomic E-state index is -1.44. The maximum absolute atomic E-state index is 12.3. The first-order valence-corrected chi connectivity index (χ1v) is 17.9. The Labute approximate surface area is 342 Å². The largest absolute Gasteiger partial charge is 0.668 e. The van der Waals surface area contributed by atoms with Crippen LogP contribution in [0, 0.1) is 12.8 Å². The van der Waals surface area contributed by atoms with Gasteiger partial charge in [0.15, 0.2) is 5.78 Å². The van der Waals surface area contributed by atoms with Crippen LogP contribution in [0.1, 0.15) is 94.6 Å². The fourth-order valence-electron chi connectivity index (χ4n) is 5.32. The molecule has 0 bridgehead atoms. The van der Waals surface area contributed by atoms with Gasteiger partial charge in [0.05, 0.1) is 11.9 Å². The van der Waals surface area contributed by atoms with E-state index in [1.807, 2.05) is 60.7 Å². The third kappa shape index (κ3) is 23.6. The number of hydrogen-bond acceptors (Lipinski definition) is 8. The van der Waals surface area contributed by atoms with E-state index in [0.717, 1.165) is 36.8 Å². The number of unbranched alkanes of at least 4 members (excludes halogenated alkanes) is 5. The van der Waals surface area contributed by atoms with E-state index < -0.39 is 60.3 Å². The summed E-state index contributed by atoms with van der Waals surface area (Å²) in [6.07, 6.45) is 6.70. The van der Waals surface area contributed by atoms with Crippen LogP contribution in [0.25, 0.3) is 5.73 Å². The van der Waals surface area contributed by atoms with Crippen LogP contribution in [0.5, 0.6) is 0 Å². The molecule has 0 spiro atoms. The molecule has 3 amide bonds. The van der Waals surface area contributed by atoms with E-state index >= 15 is 0 Å². The third-order valence-corrected chi connectivity index (χ3v) is 8.36. The van der Waals surface area contributed by atoms with Gasteiger partial charge in [0, 0.05) is 64.3 Å². The van der Waals surface area contributed by atoms with Crippen molar-refractivity contribution in [2.24, 2.45) is 11.7 Å². The summed E-state index contributed by atoms with van der Waals surface area (Å²) < 4.78 is 0. The van der Waals surface area contributed by atoms with Gasteiger partial charge in [-0.3, -0.25) is 14.4 Å². The number of nitrogens with two attached hydrogens (primary N) is 1. The standard InChI is InChI=1S/C20H33N2O8.C19H22N2O2.Y/c1-2-3-4-6-9-14(23)10-7-5-8-11-15(18(26)27)21-20(30)22-16(19(28)29)12-13-17(24)25;20-17(12-15-9-5-2-6-10-15)18(22)13-16(19(21)23)11-14-7-3-1-4-8-14;/h15-16H,1-13H2,(H,24,25)(H,26,27)(H,28,29)(H2,21,22,30);1-10,16-17H,11-13,20H2,(H2,21,23);/q-1;;/p-1. The summed E-state index contributed by atoms with van der Waals surface area (Å²) in [5.74, 6) is -5.20. The van der Waals surface area contributed by atoms with Crippen LogP contribution < -0.4 is 16.4 Å². The van der Waals surface area contributed by atoms with Crippen LogP contribution in [-0.2, 0) is 74.3 Å². The fourth-order valence-corrected chi connectivity index (χ4v) is 5.32. The normalized spacial score (nSPS) is 12.6. The molecule has 0 fully saturated rings. The molecule has 8 N–H and O–H groups in total. The van der Waals surface area contributed by atoms with Gasteiger partial charge in [-0.25, -0.2) is 14.4 Å². The second-order valence-corrected chi connectivity index (χ2v) is 12.9. The Kier molecular flexibility index (Phi) is 27.2. The van der Waals surface area contributed by atoms with Crippen molar-refractivity contribution in [2.75, 3.05) is 0 Å². The second-order valence-electron chi connectivity index (χ2n) is 12.9. The smallest absolute Gasteiger partial charge is 0.326 e. The number of carbonyl (C=O) groups is 7. The molecule has 0 saturated carbocycles. The van der Waals surface area contributed by atoms with E-state index in [9.17, 15) is 38.7 Å². The van der Waals surface area contributed by atoms with Crippen molar-refractivity contribution >= 4 is 41.4 Å². The first kappa shape index (κ1) is 50.0. The molecule has 0 aliphatic carbocycles. The molecule has 2 aromatic carbocycles. The quantitative estimate of drug-likeness (QED) is 0.0523. The summed E-state index contributed by atoms with van der Waals surface area (Å²) in [5, 5.41) is 31.1. The van der Waals surface area contributed by atoms with Gasteiger partial charge in [-0.15, -0.1) is 0 Å². The topological polar surface area (TPSA) is 254 Å². The Bertz CT molecular complexity index is 1450. The number of urea groups is 1. The molecule has 15 heteroatoms. The van der Waals surface area contributed by atoms with Crippen molar-refractivity contribution in [3.63, 3.8) is 0 Å². The summed E-state index contributed by atoms with van der Waals surface area (Å²) in [6.45, 7) is 3.75. The van der Waals surface area contributed by atoms with Crippen LogP contribution in [0.2, 0.25) is 0 Å². The predicted octanol–water partition coefficient (Wildman–Crippen LogP) is 5.31. The van der Waals surface area contributed by atoms with Gasteiger partial charge in [0.1, 0.15) is 17.9 Å². The van der Waals surface area contributed by atoms with Gasteiger partial charge in [0.2, 0.25) is 0 Å². The molecule has 2 rings (SSSR count). The first-order valence-electron chi connectivity index (χ1n) is 17.9. The van der Waals surface area contributed by atoms with E-state index in [4.69, 9.17) is 21.7 Å². The molecule has 54 heavy (non-hydrogen) atoms. The Balaban J connectivity index is 0.00000105. The molecule has 1 radical (unpaired) electrons. The molecule has 0 aliphatic rings. The van der Waals surface area contributed by atoms with Crippen molar-refractivity contribution in [2.45, 2.75) is 114 Å². The number of aliphatic carboxylic acids is 3. The van der Waals surface area contributed by atoms with Gasteiger partial charge in [0.25, 0.3) is 0 Å². The summed E-state index contributed by atoms with van der Waals surface area (Å²) in [4.78, 5) is 80.4. The third-order valence-electron chi connectivity index (χ3n) is 8.36. The molecule has 0 heterocycles. The zero-order valence-corrected chi connectivity index (χ0v) is 33.6. The van der Waals surface area contributed by atoms with Crippen LogP contribution in [0.4, 0.5) is 4.79 Å². The van der Waals surface area contributed by atoms with E-state index in [1.54, 1.807) is 0 Å². The zero-order chi connectivity index (χ0) is 39.6. The average Bonchev–Trinajstić information content (AvgIpc) is 3.11. The molecule has 4 atom stereocenters. The fraction of sp³-hybridized carbons (Fsp3) is 0.487. The number of Topliss-reactive ketones (excluding diaryl/α,β-unsaturated/α-hetero) is 2. The molecule has 2 aromatic rings. The number of amides is 3. The molecule has 0 aliphatic heterocycles. The second kappa shape index (κ2) is 29.4. The molecule has 14 nitrogen and oxygen atoms in total. The van der Waals surface area contributed by atoms with Crippen molar-refractivity contribution < 1.29 is 81.6 Å². The minimum Gasteiger partial charge on any atom is -0.668 e. The van der Waals surface area contributed by atoms with Crippen molar-refractivity contribution in [1.82, 2.24) is 10.6 Å². The van der Waals surface area contributed by atoms with Gasteiger partial charge in [-0.2, -0.15) is 6.42 Å². The maximum atomic E-state index is 12.3. The van der Waals surface area contributed by atoms with Gasteiger partial charge < -0.3 is 49.1 Å². The van der Waals surface area contributed by atoms with Crippen LogP contribution in [-0.4, -0.2) is 74.9 Å². The maximum Gasteiger partial charge on any atom is 0.326 e. The van der Waals surface area contributed by atoms with Gasteiger partial charge >= 0.3 is 23.9 Å². The number of carboxylic acids is 3. The van der Waals surface area contributed by atoms with E-state index in [2.05, 4.69) is 17.6 Å². The van der Waals surface area contributed by atoms with Crippen molar-refractivity contribution in [3.05, 3.63) is 84.4 Å². The summed E-state index contributed by atoms with van der Waals surface area (Å²) in [5.41, 5.74) is 15.3. The van der Waals surface area contributed by atoms with Gasteiger partial charge in [-0.05, 0) is 49.7 Å². The van der Waals surface area contributed by atoms with E-state index in [1.165, 1.54) is 0 Å². The molecular formula is C39H54N4O10Y-2. The number of rotatable bonds is 26. The predicted molar refractivity (Wildman–Crippen MR) is 199 cm³/mol. The zero-order valence-electron chi connectivity index (χ0n) is 30.8. The number of carbonyl (C=O) groups excluding carboxylic acids is 4. The molecule has 0 saturated heterocycles. The van der Waals surface area contributed by atoms with Gasteiger partial charge in [-0.1, -0.05) is 86.3 Å². The van der Waals surface area contributed by atoms with E-state index in [-0.39, 0.29) is 63.5 Å². The molecule has 4 unspecified atom stereocenters. The summed E-state index contributed by atoms with van der Waals surface area (Å²) in [6, 6.07) is 14.7. The Morgan fingerprint density at radius 2 is 1.15 bits per heavy atom. The SMILES string of the molecule is [CH2-]CCCCCC(=O)CCCCCC(NC(=O)NC(CCC(=O)O)C(=O)O)C(=O)O.[NH-]C(=O)C(CC(=O)C(N)Cc1ccccc1)Cc1ccccc1.[Y]. The number of benzene rings is 2. The number of ketones is 2. The Morgan fingerprint density at radius 1 is 0.667 bits per heavy atom. The van der Waals surface area contributed by atoms with Crippen LogP contribution >= 0.6 is 0 Å². The monoisotopic (exact) mass is 827 g/mol. The Hall–Kier alpha value is -4.01. The van der Waals surface area contributed by atoms with Crippen molar-refractivity contribution in [1.29, 1.82) is 0 Å². The first-order chi connectivity index (χ1) is 25.2. The molecule has 295 valence electrons. The average molecular weight is 828 g/mol. The minimum absolute atomic E-state index is 0. The number of nitrogens with one attached hydrogen (secondary N) is 3. The summed E-state index contributed by atoms with van der Waals surface area (Å²) >= 11 is 0. The number of carboxylic acid groups (broad SMARTS) is 3. The number of hydrogen-bond donors (Lipinski definition) is 6. The van der Waals surface area contributed by atoms with Crippen molar-refractivity contribution in [3.8, 4) is 0 Å². The molecular weight excluding hydrogens is 773 g/mol. The van der Waals surface area contributed by atoms with Crippen LogP contribution in [0.3, 0.4) is 0 Å². The van der Waals surface area contributed by atoms with Crippen LogP contribution in [0.15, 0.2) is 60.7 Å². The van der Waals surface area contributed by atoms with E-state index in [0.29, 0.717) is 44.9 Å². The Morgan fingerprint density at radius 3 is 1.61 bits per heavy atom. The molecule has 0 aromatic heterocycles. The summed E-state index contributed by atoms with van der Waals surface area (Å²) in [7, 11) is 0.